The second kappa shape index (κ2) is 10.3. The molecule has 1 atom stereocenters. The highest BCUT2D eigenvalue weighted by atomic mass is 35.5. The number of anilines is 1. The molecule has 2 N–H and O–H groups in total. The van der Waals surface area contributed by atoms with Crippen LogP contribution in [0.1, 0.15) is 29.8 Å². The number of rotatable bonds is 7. The predicted octanol–water partition coefficient (Wildman–Crippen LogP) is 5.30. The van der Waals surface area contributed by atoms with E-state index in [9.17, 15) is 19.2 Å². The first-order valence-corrected chi connectivity index (χ1v) is 12.5. The summed E-state index contributed by atoms with van der Waals surface area (Å²) >= 11 is 13.4. The molecule has 36 heavy (non-hydrogen) atoms. The quantitative estimate of drug-likeness (QED) is 0.309. The Hall–Kier alpha value is -3.40. The Kier molecular flexibility index (Phi) is 7.35. The van der Waals surface area contributed by atoms with E-state index in [0.29, 0.717) is 26.7 Å². The summed E-state index contributed by atoms with van der Waals surface area (Å²) in [6.07, 6.45) is 0. The van der Waals surface area contributed by atoms with Crippen molar-refractivity contribution in [3.63, 3.8) is 0 Å². The molecule has 4 rings (SSSR count). The molecule has 1 aromatic heterocycles. The summed E-state index contributed by atoms with van der Waals surface area (Å²) in [5.41, 5.74) is 0.432. The molecule has 0 saturated carbocycles. The average Bonchev–Trinajstić information content (AvgIpc) is 3.34. The van der Waals surface area contributed by atoms with E-state index >= 15 is 0 Å². The van der Waals surface area contributed by atoms with E-state index in [1.807, 2.05) is 0 Å². The summed E-state index contributed by atoms with van der Waals surface area (Å²) in [5, 5.41) is 8.12. The lowest BCUT2D eigenvalue weighted by Gasteiger charge is -2.22. The number of thiophene rings is 1. The Labute approximate surface area is 221 Å². The first kappa shape index (κ1) is 25.7. The fourth-order valence-corrected chi connectivity index (χ4v) is 5.19. The number of urea groups is 1. The molecule has 0 unspecified atom stereocenters. The summed E-state index contributed by atoms with van der Waals surface area (Å²) in [6.45, 7) is 2.82. The summed E-state index contributed by atoms with van der Waals surface area (Å²) in [6, 6.07) is 12.8. The van der Waals surface area contributed by atoms with Gasteiger partial charge in [-0.25, -0.2) is 9.59 Å². The van der Waals surface area contributed by atoms with Crippen LogP contribution in [-0.2, 0) is 19.9 Å². The molecule has 8 nitrogen and oxygen atoms in total. The lowest BCUT2D eigenvalue weighted by molar-refractivity contribution is -0.133. The van der Waals surface area contributed by atoms with Crippen molar-refractivity contribution < 1.29 is 23.9 Å². The molecule has 4 amide bonds. The van der Waals surface area contributed by atoms with Crippen LogP contribution in [0.5, 0.6) is 0 Å². The number of esters is 1. The van der Waals surface area contributed by atoms with Gasteiger partial charge in [0.05, 0.1) is 6.61 Å². The van der Waals surface area contributed by atoms with Crippen LogP contribution in [0.4, 0.5) is 9.80 Å². The van der Waals surface area contributed by atoms with Crippen LogP contribution in [0.2, 0.25) is 10.0 Å². The maximum absolute atomic E-state index is 13.1. The zero-order valence-corrected chi connectivity index (χ0v) is 21.6. The molecule has 3 aromatic rings. The zero-order chi connectivity index (χ0) is 26.0. The summed E-state index contributed by atoms with van der Waals surface area (Å²) in [5.74, 6) is -1.87. The van der Waals surface area contributed by atoms with E-state index in [1.165, 1.54) is 0 Å². The topological polar surface area (TPSA) is 105 Å². The molecular weight excluding hydrogens is 525 g/mol. The van der Waals surface area contributed by atoms with Gasteiger partial charge in [-0.05, 0) is 37.6 Å². The molecular formula is C25H21Cl2N3O5S. The molecule has 0 radical (unpaired) electrons. The summed E-state index contributed by atoms with van der Waals surface area (Å²) in [7, 11) is 0. The Balaban J connectivity index is 1.57. The van der Waals surface area contributed by atoms with Crippen molar-refractivity contribution in [3.05, 3.63) is 75.1 Å². The van der Waals surface area contributed by atoms with Crippen LogP contribution in [0, 0.1) is 0 Å². The number of amides is 4. The van der Waals surface area contributed by atoms with Crippen molar-refractivity contribution in [3.8, 4) is 11.1 Å². The maximum atomic E-state index is 13.1. The van der Waals surface area contributed by atoms with Crippen LogP contribution in [0.25, 0.3) is 11.1 Å². The van der Waals surface area contributed by atoms with Crippen LogP contribution in [0.3, 0.4) is 0 Å². The minimum Gasteiger partial charge on any atom is -0.462 e. The van der Waals surface area contributed by atoms with E-state index in [2.05, 4.69) is 10.6 Å². The smallest absolute Gasteiger partial charge is 0.341 e. The molecule has 0 spiro atoms. The van der Waals surface area contributed by atoms with Gasteiger partial charge in [0.25, 0.3) is 5.91 Å². The minimum atomic E-state index is -1.35. The average molecular weight is 546 g/mol. The van der Waals surface area contributed by atoms with Crippen molar-refractivity contribution in [2.45, 2.75) is 19.4 Å². The fraction of sp³-hybridized carbons (Fsp3) is 0.200. The van der Waals surface area contributed by atoms with Crippen molar-refractivity contribution >= 4 is 63.4 Å². The number of carbonyl (C=O) groups excluding carboxylic acids is 4. The first-order valence-electron chi connectivity index (χ1n) is 10.9. The standard InChI is InChI=1S/C25H21Cl2N3O5S/c1-3-35-22(32)20-17(16-6-4-5-7-18(16)27)13-36-21(20)28-19(31)12-30-23(33)25(2,29-24(30)34)14-8-10-15(26)11-9-14/h4-11,13H,3,12H2,1-2H3,(H,28,31)(H,29,34)/t25-/m0/s1. The SMILES string of the molecule is CCOC(=O)c1c(-c2ccccc2Cl)csc1NC(=O)CN1C(=O)N[C@@](C)(c2ccc(Cl)cc2)C1=O. The summed E-state index contributed by atoms with van der Waals surface area (Å²) in [4.78, 5) is 52.3. The lowest BCUT2D eigenvalue weighted by atomic mass is 9.92. The molecule has 1 fully saturated rings. The van der Waals surface area contributed by atoms with E-state index < -0.39 is 35.9 Å². The van der Waals surface area contributed by atoms with Crippen LogP contribution < -0.4 is 10.6 Å². The molecule has 2 heterocycles. The third kappa shape index (κ3) is 4.82. The van der Waals surface area contributed by atoms with E-state index in [4.69, 9.17) is 27.9 Å². The van der Waals surface area contributed by atoms with Gasteiger partial charge in [-0.3, -0.25) is 14.5 Å². The third-order valence-corrected chi connectivity index (χ3v) is 7.16. The van der Waals surface area contributed by atoms with Gasteiger partial charge in [0.2, 0.25) is 5.91 Å². The number of hydrogen-bond acceptors (Lipinski definition) is 6. The van der Waals surface area contributed by atoms with Gasteiger partial charge < -0.3 is 15.4 Å². The van der Waals surface area contributed by atoms with Crippen molar-refractivity contribution in [2.75, 3.05) is 18.5 Å². The predicted molar refractivity (Wildman–Crippen MR) is 138 cm³/mol. The normalized spacial score (nSPS) is 17.2. The van der Waals surface area contributed by atoms with E-state index in [0.717, 1.165) is 16.2 Å². The molecule has 1 aliphatic rings. The molecule has 11 heteroatoms. The second-order valence-electron chi connectivity index (χ2n) is 8.06. The van der Waals surface area contributed by atoms with E-state index in [-0.39, 0.29) is 17.2 Å². The van der Waals surface area contributed by atoms with Gasteiger partial charge in [-0.1, -0.05) is 53.5 Å². The van der Waals surface area contributed by atoms with Crippen molar-refractivity contribution in [2.24, 2.45) is 0 Å². The lowest BCUT2D eigenvalue weighted by Crippen LogP contribution is -2.42. The highest BCUT2D eigenvalue weighted by Crippen LogP contribution is 2.39. The van der Waals surface area contributed by atoms with Crippen molar-refractivity contribution in [1.82, 2.24) is 10.2 Å². The summed E-state index contributed by atoms with van der Waals surface area (Å²) < 4.78 is 5.20. The number of halogens is 2. The van der Waals surface area contributed by atoms with Crippen LogP contribution in [0.15, 0.2) is 53.9 Å². The van der Waals surface area contributed by atoms with Gasteiger partial charge in [-0.15, -0.1) is 11.3 Å². The van der Waals surface area contributed by atoms with Gasteiger partial charge in [-0.2, -0.15) is 0 Å². The van der Waals surface area contributed by atoms with E-state index in [1.54, 1.807) is 67.8 Å². The molecule has 0 aliphatic carbocycles. The highest BCUT2D eigenvalue weighted by molar-refractivity contribution is 7.15. The maximum Gasteiger partial charge on any atom is 0.341 e. The Bertz CT molecular complexity index is 1360. The number of imide groups is 1. The molecule has 186 valence electrons. The Morgan fingerprint density at radius 1 is 1.08 bits per heavy atom. The van der Waals surface area contributed by atoms with Crippen LogP contribution in [-0.4, -0.2) is 41.9 Å². The number of benzene rings is 2. The first-order chi connectivity index (χ1) is 17.2. The number of nitrogens with one attached hydrogen (secondary N) is 2. The molecule has 1 saturated heterocycles. The Morgan fingerprint density at radius 2 is 1.78 bits per heavy atom. The number of ether oxygens (including phenoxy) is 1. The van der Waals surface area contributed by atoms with Crippen molar-refractivity contribution in [1.29, 1.82) is 0 Å². The zero-order valence-electron chi connectivity index (χ0n) is 19.3. The molecule has 1 aliphatic heterocycles. The van der Waals surface area contributed by atoms with Gasteiger partial charge >= 0.3 is 12.0 Å². The van der Waals surface area contributed by atoms with Crippen LogP contribution >= 0.6 is 34.5 Å². The van der Waals surface area contributed by atoms with Gasteiger partial charge in [0.1, 0.15) is 22.6 Å². The minimum absolute atomic E-state index is 0.135. The second-order valence-corrected chi connectivity index (χ2v) is 9.78. The van der Waals surface area contributed by atoms with Gasteiger partial charge in [0.15, 0.2) is 0 Å². The number of hydrogen-bond donors (Lipinski definition) is 2. The Morgan fingerprint density at radius 3 is 2.44 bits per heavy atom. The molecule has 2 aromatic carbocycles. The fourth-order valence-electron chi connectivity index (χ4n) is 3.86. The number of carbonyl (C=O) groups is 4. The highest BCUT2D eigenvalue weighted by Gasteiger charge is 2.49. The molecule has 0 bridgehead atoms. The monoisotopic (exact) mass is 545 g/mol. The van der Waals surface area contributed by atoms with Gasteiger partial charge in [0, 0.05) is 26.6 Å². The third-order valence-electron chi connectivity index (χ3n) is 5.69. The number of nitrogens with zero attached hydrogens (tertiary/aromatic N) is 1. The largest absolute Gasteiger partial charge is 0.462 e.